The second kappa shape index (κ2) is 3.28. The predicted molar refractivity (Wildman–Crippen MR) is 50.1 cm³/mol. The number of aliphatic imine (C=N–C) groups is 2. The maximum absolute atomic E-state index is 11.6. The van der Waals surface area contributed by atoms with Crippen LogP contribution in [0.25, 0.3) is 0 Å². The highest BCUT2D eigenvalue weighted by Gasteiger charge is 2.27. The molecule has 0 aliphatic carbocycles. The maximum atomic E-state index is 11.6. The van der Waals surface area contributed by atoms with E-state index in [9.17, 15) is 4.79 Å². The van der Waals surface area contributed by atoms with Crippen LogP contribution in [0.1, 0.15) is 19.8 Å². The van der Waals surface area contributed by atoms with Gasteiger partial charge in [-0.25, -0.2) is 4.99 Å². The zero-order chi connectivity index (χ0) is 9.26. The Kier molecular flexibility index (Phi) is 2.12. The molecule has 0 saturated carbocycles. The first-order chi connectivity index (χ1) is 6.29. The minimum atomic E-state index is -0.298. The summed E-state index contributed by atoms with van der Waals surface area (Å²) in [6.07, 6.45) is 4.84. The van der Waals surface area contributed by atoms with E-state index in [1.807, 2.05) is 4.90 Å². The summed E-state index contributed by atoms with van der Waals surface area (Å²) < 4.78 is 0. The zero-order valence-corrected chi connectivity index (χ0v) is 7.66. The van der Waals surface area contributed by atoms with Gasteiger partial charge in [0.15, 0.2) is 12.2 Å². The third-order valence-electron chi connectivity index (χ3n) is 2.41. The molecule has 1 saturated heterocycles. The van der Waals surface area contributed by atoms with Gasteiger partial charge in [-0.2, -0.15) is 0 Å². The summed E-state index contributed by atoms with van der Waals surface area (Å²) in [5.74, 6) is 0.584. The first-order valence-corrected chi connectivity index (χ1v) is 4.61. The molecule has 1 radical (unpaired) electrons. The fraction of sp³-hybridized carbons (Fsp3) is 0.667. The molecule has 1 unspecified atom stereocenters. The van der Waals surface area contributed by atoms with Gasteiger partial charge in [-0.05, 0) is 19.8 Å². The number of hydrogen-bond acceptors (Lipinski definition) is 4. The van der Waals surface area contributed by atoms with Crippen LogP contribution in [0.15, 0.2) is 9.98 Å². The molecule has 4 heteroatoms. The third-order valence-corrected chi connectivity index (χ3v) is 2.41. The molecular formula is C9H12N3O. The number of hydrogen-bond donors (Lipinski definition) is 0. The van der Waals surface area contributed by atoms with E-state index < -0.39 is 0 Å². The molecule has 0 aromatic heterocycles. The highest BCUT2D eigenvalue weighted by molar-refractivity contribution is 6.42. The molecule has 2 heterocycles. The smallest absolute Gasteiger partial charge is 0.222 e. The van der Waals surface area contributed by atoms with E-state index in [0.29, 0.717) is 5.84 Å². The van der Waals surface area contributed by atoms with E-state index in [-0.39, 0.29) is 11.8 Å². The van der Waals surface area contributed by atoms with Gasteiger partial charge in [-0.1, -0.05) is 0 Å². The van der Waals surface area contributed by atoms with Crippen molar-refractivity contribution in [3.63, 3.8) is 0 Å². The Bertz CT molecular complexity index is 277. The molecule has 69 valence electrons. The molecule has 0 amide bonds. The molecule has 0 aromatic rings. The summed E-state index contributed by atoms with van der Waals surface area (Å²) in [5.41, 5.74) is 0. The van der Waals surface area contributed by atoms with Crippen LogP contribution in [0.2, 0.25) is 0 Å². The second-order valence-electron chi connectivity index (χ2n) is 3.40. The lowest BCUT2D eigenvalue weighted by atomic mass is 10.2. The summed E-state index contributed by atoms with van der Waals surface area (Å²) in [5, 5.41) is 0. The molecule has 4 nitrogen and oxygen atoms in total. The zero-order valence-electron chi connectivity index (χ0n) is 7.66. The third kappa shape index (κ3) is 1.48. The molecule has 2 rings (SSSR count). The van der Waals surface area contributed by atoms with E-state index in [0.717, 1.165) is 25.9 Å². The van der Waals surface area contributed by atoms with Gasteiger partial charge in [0.25, 0.3) is 0 Å². The van der Waals surface area contributed by atoms with Gasteiger partial charge in [0.1, 0.15) is 6.04 Å². The van der Waals surface area contributed by atoms with Crippen LogP contribution in [0.3, 0.4) is 0 Å². The van der Waals surface area contributed by atoms with Gasteiger partial charge in [0.05, 0.1) is 0 Å². The molecule has 2 aliphatic heterocycles. The predicted octanol–water partition coefficient (Wildman–Crippen LogP) is 0.357. The average Bonchev–Trinajstić information content (AvgIpc) is 2.62. The number of rotatable bonds is 0. The maximum Gasteiger partial charge on any atom is 0.222 e. The largest absolute Gasteiger partial charge is 0.354 e. The molecule has 0 N–H and O–H groups in total. The lowest BCUT2D eigenvalue weighted by Crippen LogP contribution is -2.40. The fourth-order valence-electron chi connectivity index (χ4n) is 1.62. The van der Waals surface area contributed by atoms with Crippen molar-refractivity contribution in [2.75, 3.05) is 13.1 Å². The van der Waals surface area contributed by atoms with Crippen LogP contribution in [-0.2, 0) is 4.79 Å². The van der Waals surface area contributed by atoms with Crippen molar-refractivity contribution in [3.8, 4) is 0 Å². The molecule has 1 atom stereocenters. The van der Waals surface area contributed by atoms with E-state index in [2.05, 4.69) is 16.3 Å². The van der Waals surface area contributed by atoms with E-state index in [1.54, 1.807) is 6.92 Å². The van der Waals surface area contributed by atoms with Crippen molar-refractivity contribution in [1.29, 1.82) is 0 Å². The van der Waals surface area contributed by atoms with Crippen LogP contribution in [-0.4, -0.2) is 42.0 Å². The lowest BCUT2D eigenvalue weighted by Gasteiger charge is -2.21. The summed E-state index contributed by atoms with van der Waals surface area (Å²) in [6, 6.07) is -0.298. The van der Waals surface area contributed by atoms with Crippen LogP contribution in [0, 0.1) is 0 Å². The summed E-state index contributed by atoms with van der Waals surface area (Å²) in [6.45, 7) is 3.66. The van der Waals surface area contributed by atoms with Gasteiger partial charge in [0.2, 0.25) is 5.78 Å². The summed E-state index contributed by atoms with van der Waals surface area (Å²) >= 11 is 0. The molecule has 2 aliphatic rings. The number of nitrogens with zero attached hydrogens (tertiary/aromatic N) is 3. The number of Topliss-reactive ketones (excluding diaryl/α,β-unsaturated/α-hetero) is 1. The van der Waals surface area contributed by atoms with Gasteiger partial charge in [-0.3, -0.25) is 9.79 Å². The number of carbonyl (C=O) groups is 1. The van der Waals surface area contributed by atoms with E-state index in [4.69, 9.17) is 0 Å². The molecule has 1 fully saturated rings. The quantitative estimate of drug-likeness (QED) is 0.537. The molecule has 13 heavy (non-hydrogen) atoms. The van der Waals surface area contributed by atoms with Crippen LogP contribution < -0.4 is 0 Å². The number of amidine groups is 1. The standard InChI is InChI=1S/C9H12N3O/c1-7-8(13)9(11-6-10-7)12-4-2-3-5-12/h7H,2-5H2,1H3. The van der Waals surface area contributed by atoms with Crippen molar-refractivity contribution < 1.29 is 4.79 Å². The van der Waals surface area contributed by atoms with Gasteiger partial charge in [0, 0.05) is 13.1 Å². The van der Waals surface area contributed by atoms with Crippen LogP contribution in [0.4, 0.5) is 0 Å². The molecule has 0 bridgehead atoms. The Balaban J connectivity index is 2.17. The Morgan fingerprint density at radius 2 is 2.15 bits per heavy atom. The Hall–Kier alpha value is -1.19. The summed E-state index contributed by atoms with van der Waals surface area (Å²) in [4.78, 5) is 21.4. The van der Waals surface area contributed by atoms with E-state index in [1.165, 1.54) is 0 Å². The second-order valence-corrected chi connectivity index (χ2v) is 3.40. The normalized spacial score (nSPS) is 28.1. The Morgan fingerprint density at radius 3 is 2.85 bits per heavy atom. The number of ketones is 1. The first-order valence-electron chi connectivity index (χ1n) is 4.61. The van der Waals surface area contributed by atoms with Crippen molar-refractivity contribution in [3.05, 3.63) is 0 Å². The van der Waals surface area contributed by atoms with Crippen LogP contribution >= 0.6 is 0 Å². The summed E-state index contributed by atoms with van der Waals surface area (Å²) in [7, 11) is 0. The van der Waals surface area contributed by atoms with E-state index >= 15 is 0 Å². The van der Waals surface area contributed by atoms with Gasteiger partial charge in [-0.15, -0.1) is 0 Å². The van der Waals surface area contributed by atoms with Gasteiger partial charge < -0.3 is 4.90 Å². The average molecular weight is 178 g/mol. The first kappa shape index (κ1) is 8.41. The van der Waals surface area contributed by atoms with Crippen molar-refractivity contribution in [1.82, 2.24) is 4.90 Å². The Morgan fingerprint density at radius 1 is 1.46 bits per heavy atom. The highest BCUT2D eigenvalue weighted by Crippen LogP contribution is 2.11. The number of carbonyl (C=O) groups excluding carboxylic acids is 1. The van der Waals surface area contributed by atoms with Crippen LogP contribution in [0.5, 0.6) is 0 Å². The molecular weight excluding hydrogens is 166 g/mol. The minimum absolute atomic E-state index is 0.0284. The van der Waals surface area contributed by atoms with Crippen molar-refractivity contribution in [2.45, 2.75) is 25.8 Å². The van der Waals surface area contributed by atoms with Crippen molar-refractivity contribution >= 4 is 18.0 Å². The Labute approximate surface area is 77.4 Å². The topological polar surface area (TPSA) is 45.0 Å². The van der Waals surface area contributed by atoms with Crippen molar-refractivity contribution in [2.24, 2.45) is 9.98 Å². The number of likely N-dealkylation sites (tertiary alicyclic amines) is 1. The SMILES string of the molecule is CC1N=[C]N=C(N2CCCC2)C1=O. The molecule has 0 spiro atoms. The monoisotopic (exact) mass is 178 g/mol. The molecule has 0 aromatic carbocycles. The lowest BCUT2D eigenvalue weighted by molar-refractivity contribution is -0.114. The minimum Gasteiger partial charge on any atom is -0.354 e. The highest BCUT2D eigenvalue weighted by atomic mass is 16.1. The fourth-order valence-corrected chi connectivity index (χ4v) is 1.62. The van der Waals surface area contributed by atoms with Gasteiger partial charge >= 0.3 is 0 Å².